The number of aromatic nitrogens is 1. The Morgan fingerprint density at radius 2 is 1.81 bits per heavy atom. The van der Waals surface area contributed by atoms with Crippen molar-refractivity contribution in [3.63, 3.8) is 0 Å². The smallest absolute Gasteiger partial charge is 0.259 e. The van der Waals surface area contributed by atoms with Gasteiger partial charge >= 0.3 is 0 Å². The second kappa shape index (κ2) is 6.56. The maximum absolute atomic E-state index is 12.3. The molecule has 114 valence electrons. The van der Waals surface area contributed by atoms with Crippen molar-refractivity contribution in [1.29, 1.82) is 0 Å². The average molecular weight is 291 g/mol. The summed E-state index contributed by atoms with van der Waals surface area (Å²) in [7, 11) is 0. The van der Waals surface area contributed by atoms with E-state index in [1.165, 1.54) is 18.5 Å². The van der Waals surface area contributed by atoms with Gasteiger partial charge in [-0.25, -0.2) is 0 Å². The van der Waals surface area contributed by atoms with Crippen LogP contribution in [-0.4, -0.2) is 52.8 Å². The second-order valence-electron chi connectivity index (χ2n) is 5.69. The van der Waals surface area contributed by atoms with Gasteiger partial charge < -0.3 is 14.8 Å². The van der Waals surface area contributed by atoms with Crippen LogP contribution in [0.5, 0.6) is 0 Å². The van der Waals surface area contributed by atoms with Crippen molar-refractivity contribution < 1.29 is 9.59 Å². The summed E-state index contributed by atoms with van der Waals surface area (Å²) in [6.45, 7) is 6.02. The van der Waals surface area contributed by atoms with Gasteiger partial charge in [-0.1, -0.05) is 13.8 Å². The summed E-state index contributed by atoms with van der Waals surface area (Å²) in [6.07, 6.45) is 3.47. The van der Waals surface area contributed by atoms with Gasteiger partial charge in [0.2, 0.25) is 5.91 Å². The Morgan fingerprint density at radius 1 is 1.19 bits per heavy atom. The maximum atomic E-state index is 12.3. The Morgan fingerprint density at radius 3 is 2.38 bits per heavy atom. The van der Waals surface area contributed by atoms with Crippen LogP contribution in [0.4, 0.5) is 0 Å². The molecular weight excluding hydrogens is 270 g/mol. The van der Waals surface area contributed by atoms with Crippen molar-refractivity contribution in [3.8, 4) is 0 Å². The van der Waals surface area contributed by atoms with Crippen LogP contribution in [0.15, 0.2) is 23.3 Å². The molecule has 0 saturated carbocycles. The molecule has 0 spiro atoms. The first kappa shape index (κ1) is 15.3. The number of amides is 2. The van der Waals surface area contributed by atoms with Gasteiger partial charge in [-0.2, -0.15) is 0 Å². The largest absolute Gasteiger partial charge is 0.367 e. The van der Waals surface area contributed by atoms with Gasteiger partial charge in [0.25, 0.3) is 5.91 Å². The molecule has 0 unspecified atom stereocenters. The molecule has 0 bridgehead atoms. The number of hydrogen-bond acceptors (Lipinski definition) is 3. The molecule has 1 aliphatic rings. The van der Waals surface area contributed by atoms with Crippen molar-refractivity contribution in [2.75, 3.05) is 26.2 Å². The molecule has 6 heteroatoms. The Kier molecular flexibility index (Phi) is 4.77. The number of carbonyl (C=O) groups excluding carboxylic acids is 2. The number of piperazine rings is 1. The van der Waals surface area contributed by atoms with Crippen LogP contribution in [0.25, 0.3) is 0 Å². The number of hydrogen-bond donors (Lipinski definition) is 1. The van der Waals surface area contributed by atoms with Crippen molar-refractivity contribution >= 4 is 11.8 Å². The third-order valence-corrected chi connectivity index (χ3v) is 3.56. The van der Waals surface area contributed by atoms with Gasteiger partial charge in [-0.05, 0) is 5.92 Å². The summed E-state index contributed by atoms with van der Waals surface area (Å²) >= 11 is 0. The molecule has 0 aliphatic carbocycles. The van der Waals surface area contributed by atoms with E-state index in [4.69, 9.17) is 0 Å². The zero-order valence-electron chi connectivity index (χ0n) is 12.5. The fourth-order valence-corrected chi connectivity index (χ4v) is 2.39. The van der Waals surface area contributed by atoms with Gasteiger partial charge in [0, 0.05) is 51.1 Å². The topological polar surface area (TPSA) is 73.5 Å². The molecule has 1 saturated heterocycles. The zero-order valence-corrected chi connectivity index (χ0v) is 12.5. The van der Waals surface area contributed by atoms with Crippen LogP contribution in [0.3, 0.4) is 0 Å². The summed E-state index contributed by atoms with van der Waals surface area (Å²) in [5.41, 5.74) is -0.128. The molecule has 2 amide bonds. The molecule has 1 aromatic rings. The van der Waals surface area contributed by atoms with E-state index in [0.717, 1.165) is 0 Å². The molecular formula is C15H21N3O3. The maximum Gasteiger partial charge on any atom is 0.259 e. The van der Waals surface area contributed by atoms with Gasteiger partial charge in [0.1, 0.15) is 5.56 Å². The standard InChI is InChI=1S/C15H21N3O3/c1-11(2)9-14(20)17-5-7-18(8-6-17)15(21)12-10-16-4-3-13(12)19/h3-4,10-11H,5-9H2,1-2H3,(H,16,19). The SMILES string of the molecule is CC(C)CC(=O)N1CCN(C(=O)c2c[nH]ccc2=O)CC1. The highest BCUT2D eigenvalue weighted by Crippen LogP contribution is 2.09. The summed E-state index contributed by atoms with van der Waals surface area (Å²) in [5, 5.41) is 0. The van der Waals surface area contributed by atoms with E-state index in [9.17, 15) is 14.4 Å². The Labute approximate surface area is 123 Å². The van der Waals surface area contributed by atoms with Crippen molar-refractivity contribution in [3.05, 3.63) is 34.2 Å². The average Bonchev–Trinajstić information content (AvgIpc) is 2.46. The normalized spacial score (nSPS) is 15.4. The quantitative estimate of drug-likeness (QED) is 0.891. The van der Waals surface area contributed by atoms with Gasteiger partial charge in [-0.15, -0.1) is 0 Å². The number of pyridine rings is 1. The minimum Gasteiger partial charge on any atom is -0.367 e. The number of carbonyl (C=O) groups is 2. The van der Waals surface area contributed by atoms with E-state index in [2.05, 4.69) is 4.98 Å². The lowest BCUT2D eigenvalue weighted by Gasteiger charge is -2.35. The highest BCUT2D eigenvalue weighted by Gasteiger charge is 2.25. The van der Waals surface area contributed by atoms with Gasteiger partial charge in [0.15, 0.2) is 5.43 Å². The fourth-order valence-electron chi connectivity index (χ4n) is 2.39. The number of aromatic amines is 1. The van der Waals surface area contributed by atoms with Crippen LogP contribution in [0.2, 0.25) is 0 Å². The van der Waals surface area contributed by atoms with Crippen LogP contribution in [0, 0.1) is 5.92 Å². The fraction of sp³-hybridized carbons (Fsp3) is 0.533. The van der Waals surface area contributed by atoms with E-state index in [0.29, 0.717) is 38.5 Å². The number of H-pyrrole nitrogens is 1. The van der Waals surface area contributed by atoms with Crippen LogP contribution in [0.1, 0.15) is 30.6 Å². The molecule has 6 nitrogen and oxygen atoms in total. The molecule has 21 heavy (non-hydrogen) atoms. The van der Waals surface area contributed by atoms with Gasteiger partial charge in [0.05, 0.1) is 0 Å². The van der Waals surface area contributed by atoms with E-state index < -0.39 is 0 Å². The number of nitrogens with one attached hydrogen (secondary N) is 1. The van der Waals surface area contributed by atoms with E-state index >= 15 is 0 Å². The van der Waals surface area contributed by atoms with E-state index in [1.54, 1.807) is 9.80 Å². The lowest BCUT2D eigenvalue weighted by molar-refractivity contribution is -0.133. The van der Waals surface area contributed by atoms with Gasteiger partial charge in [-0.3, -0.25) is 14.4 Å². The summed E-state index contributed by atoms with van der Waals surface area (Å²) in [6, 6.07) is 1.34. The third kappa shape index (κ3) is 3.71. The molecule has 1 fully saturated rings. The highest BCUT2D eigenvalue weighted by molar-refractivity contribution is 5.94. The highest BCUT2D eigenvalue weighted by atomic mass is 16.2. The summed E-state index contributed by atoms with van der Waals surface area (Å²) < 4.78 is 0. The van der Waals surface area contributed by atoms with Crippen LogP contribution >= 0.6 is 0 Å². The first-order valence-electron chi connectivity index (χ1n) is 7.23. The summed E-state index contributed by atoms with van der Waals surface area (Å²) in [5.74, 6) is 0.197. The third-order valence-electron chi connectivity index (χ3n) is 3.56. The molecule has 1 aromatic heterocycles. The van der Waals surface area contributed by atoms with Crippen LogP contribution < -0.4 is 5.43 Å². The predicted octanol–water partition coefficient (Wildman–Crippen LogP) is 0.705. The predicted molar refractivity (Wildman–Crippen MR) is 79.0 cm³/mol. The first-order chi connectivity index (χ1) is 9.99. The Balaban J connectivity index is 1.95. The van der Waals surface area contributed by atoms with Crippen molar-refractivity contribution in [2.24, 2.45) is 5.92 Å². The Hall–Kier alpha value is -2.11. The molecule has 0 aromatic carbocycles. The number of rotatable bonds is 3. The number of nitrogens with zero attached hydrogens (tertiary/aromatic N) is 2. The minimum atomic E-state index is -0.280. The molecule has 1 aliphatic heterocycles. The first-order valence-corrected chi connectivity index (χ1v) is 7.23. The Bertz CT molecular complexity index is 572. The molecule has 0 radical (unpaired) electrons. The zero-order chi connectivity index (χ0) is 15.4. The minimum absolute atomic E-state index is 0.134. The lowest BCUT2D eigenvalue weighted by atomic mass is 10.1. The molecule has 2 rings (SSSR count). The summed E-state index contributed by atoms with van der Waals surface area (Å²) in [4.78, 5) is 42.1. The molecule has 1 N–H and O–H groups in total. The lowest BCUT2D eigenvalue weighted by Crippen LogP contribution is -2.51. The van der Waals surface area contributed by atoms with E-state index in [1.807, 2.05) is 13.8 Å². The molecule has 2 heterocycles. The van der Waals surface area contributed by atoms with Crippen LogP contribution in [-0.2, 0) is 4.79 Å². The van der Waals surface area contributed by atoms with E-state index in [-0.39, 0.29) is 22.8 Å². The monoisotopic (exact) mass is 291 g/mol. The molecule has 0 atom stereocenters. The second-order valence-corrected chi connectivity index (χ2v) is 5.69. The van der Waals surface area contributed by atoms with Crippen molar-refractivity contribution in [1.82, 2.24) is 14.8 Å². The van der Waals surface area contributed by atoms with Crippen molar-refractivity contribution in [2.45, 2.75) is 20.3 Å².